The first-order valence-corrected chi connectivity index (χ1v) is 7.39. The lowest BCUT2D eigenvalue weighted by Gasteiger charge is -2.33. The van der Waals surface area contributed by atoms with Gasteiger partial charge in [-0.2, -0.15) is 0 Å². The lowest BCUT2D eigenvalue weighted by Crippen LogP contribution is -2.36. The molecule has 1 saturated heterocycles. The van der Waals surface area contributed by atoms with Crippen LogP contribution in [0.25, 0.3) is 0 Å². The third kappa shape index (κ3) is 3.85. The van der Waals surface area contributed by atoms with Crippen molar-refractivity contribution in [2.45, 2.75) is 32.4 Å². The summed E-state index contributed by atoms with van der Waals surface area (Å²) in [6.07, 6.45) is 2.60. The molecule has 1 aliphatic rings. The summed E-state index contributed by atoms with van der Waals surface area (Å²) in [5.74, 6) is 0. The van der Waals surface area contributed by atoms with Gasteiger partial charge in [0.1, 0.15) is 0 Å². The van der Waals surface area contributed by atoms with Gasteiger partial charge in [0.2, 0.25) is 0 Å². The molecule has 0 amide bonds. The van der Waals surface area contributed by atoms with Crippen LogP contribution in [-0.4, -0.2) is 32.8 Å². The van der Waals surface area contributed by atoms with Gasteiger partial charge in [-0.25, -0.2) is 0 Å². The second kappa shape index (κ2) is 7.13. The van der Waals surface area contributed by atoms with E-state index in [0.29, 0.717) is 6.10 Å². The van der Waals surface area contributed by atoms with Crippen molar-refractivity contribution in [2.24, 2.45) is 0 Å². The Morgan fingerprint density at radius 3 is 2.68 bits per heavy atom. The first-order chi connectivity index (χ1) is 9.24. The first-order valence-electron chi connectivity index (χ1n) is 7.01. The Hall–Kier alpha value is -0.770. The number of nitrogens with zero attached hydrogens (tertiary/aromatic N) is 1. The fraction of sp³-hybridized carbons (Fsp3) is 0.600. The fourth-order valence-corrected chi connectivity index (χ4v) is 2.73. The van der Waals surface area contributed by atoms with E-state index in [4.69, 9.17) is 16.3 Å². The van der Waals surface area contributed by atoms with Gasteiger partial charge in [0.15, 0.2) is 0 Å². The zero-order valence-corrected chi connectivity index (χ0v) is 12.5. The van der Waals surface area contributed by atoms with E-state index in [-0.39, 0.29) is 0 Å². The van der Waals surface area contributed by atoms with Gasteiger partial charge in [0, 0.05) is 37.5 Å². The summed E-state index contributed by atoms with van der Waals surface area (Å²) in [6.45, 7) is 5.98. The lowest BCUT2D eigenvalue weighted by atomic mass is 10.1. The molecule has 1 N–H and O–H groups in total. The van der Waals surface area contributed by atoms with Crippen molar-refractivity contribution in [2.75, 3.05) is 31.6 Å². The van der Waals surface area contributed by atoms with Gasteiger partial charge < -0.3 is 15.0 Å². The number of piperidine rings is 1. The molecule has 2 rings (SSSR count). The molecule has 1 aliphatic heterocycles. The minimum atomic E-state index is 0.416. The van der Waals surface area contributed by atoms with E-state index in [1.807, 2.05) is 0 Å². The number of methoxy groups -OCH3 is 1. The van der Waals surface area contributed by atoms with Crippen molar-refractivity contribution < 1.29 is 4.74 Å². The largest absolute Gasteiger partial charge is 0.381 e. The van der Waals surface area contributed by atoms with Crippen LogP contribution in [0.1, 0.15) is 25.3 Å². The number of rotatable bonds is 5. The van der Waals surface area contributed by atoms with E-state index in [9.17, 15) is 0 Å². The molecule has 0 radical (unpaired) electrons. The third-order valence-corrected chi connectivity index (χ3v) is 4.09. The maximum atomic E-state index is 6.35. The molecule has 0 saturated carbocycles. The van der Waals surface area contributed by atoms with E-state index in [2.05, 4.69) is 35.3 Å². The van der Waals surface area contributed by atoms with E-state index in [0.717, 1.165) is 44.0 Å². The second-order valence-corrected chi connectivity index (χ2v) is 5.39. The highest BCUT2D eigenvalue weighted by Gasteiger charge is 2.19. The smallest absolute Gasteiger partial charge is 0.0605 e. The summed E-state index contributed by atoms with van der Waals surface area (Å²) in [5.41, 5.74) is 2.39. The van der Waals surface area contributed by atoms with Crippen molar-refractivity contribution in [1.29, 1.82) is 0 Å². The van der Waals surface area contributed by atoms with Crippen LogP contribution in [0.3, 0.4) is 0 Å². The average Bonchev–Trinajstić information content (AvgIpc) is 2.46. The van der Waals surface area contributed by atoms with Crippen LogP contribution < -0.4 is 10.2 Å². The third-order valence-electron chi connectivity index (χ3n) is 3.74. The highest BCUT2D eigenvalue weighted by molar-refractivity contribution is 6.31. The van der Waals surface area contributed by atoms with Gasteiger partial charge in [-0.1, -0.05) is 24.6 Å². The van der Waals surface area contributed by atoms with E-state index < -0.39 is 0 Å². The Morgan fingerprint density at radius 1 is 1.37 bits per heavy atom. The van der Waals surface area contributed by atoms with Crippen LogP contribution in [0.5, 0.6) is 0 Å². The van der Waals surface area contributed by atoms with E-state index in [1.54, 1.807) is 7.11 Å². The minimum Gasteiger partial charge on any atom is -0.381 e. The van der Waals surface area contributed by atoms with Crippen molar-refractivity contribution in [3.63, 3.8) is 0 Å². The van der Waals surface area contributed by atoms with Crippen LogP contribution in [0.15, 0.2) is 18.2 Å². The molecule has 1 fully saturated rings. The van der Waals surface area contributed by atoms with Gasteiger partial charge in [-0.3, -0.25) is 0 Å². The first kappa shape index (κ1) is 14.6. The number of benzene rings is 1. The molecule has 0 aromatic heterocycles. The van der Waals surface area contributed by atoms with Crippen molar-refractivity contribution in [3.8, 4) is 0 Å². The predicted octanol–water partition coefficient (Wildman–Crippen LogP) is 3.06. The summed E-state index contributed by atoms with van der Waals surface area (Å²) in [7, 11) is 1.80. The molecule has 106 valence electrons. The zero-order valence-electron chi connectivity index (χ0n) is 11.8. The zero-order chi connectivity index (χ0) is 13.7. The molecule has 4 heteroatoms. The fourth-order valence-electron chi connectivity index (χ4n) is 2.49. The van der Waals surface area contributed by atoms with Crippen LogP contribution in [-0.2, 0) is 11.3 Å². The minimum absolute atomic E-state index is 0.416. The topological polar surface area (TPSA) is 24.5 Å². The average molecular weight is 283 g/mol. The monoisotopic (exact) mass is 282 g/mol. The van der Waals surface area contributed by atoms with Gasteiger partial charge in [0.05, 0.1) is 6.10 Å². The molecule has 0 aliphatic carbocycles. The predicted molar refractivity (Wildman–Crippen MR) is 81.1 cm³/mol. The van der Waals surface area contributed by atoms with Gasteiger partial charge >= 0.3 is 0 Å². The molecule has 0 bridgehead atoms. The van der Waals surface area contributed by atoms with E-state index >= 15 is 0 Å². The molecule has 1 aromatic carbocycles. The second-order valence-electron chi connectivity index (χ2n) is 4.98. The Kier molecular flexibility index (Phi) is 5.49. The molecule has 3 nitrogen and oxygen atoms in total. The van der Waals surface area contributed by atoms with Crippen LogP contribution in [0.4, 0.5) is 5.69 Å². The lowest BCUT2D eigenvalue weighted by molar-refractivity contribution is 0.0819. The van der Waals surface area contributed by atoms with Gasteiger partial charge in [-0.15, -0.1) is 0 Å². The Bertz CT molecular complexity index is 403. The summed E-state index contributed by atoms with van der Waals surface area (Å²) in [6, 6.07) is 6.38. The number of nitrogens with one attached hydrogen (secondary N) is 1. The highest BCUT2D eigenvalue weighted by atomic mass is 35.5. The number of ether oxygens (including phenoxy) is 1. The summed E-state index contributed by atoms with van der Waals surface area (Å²) < 4.78 is 5.40. The number of hydrogen-bond donors (Lipinski definition) is 1. The summed E-state index contributed by atoms with van der Waals surface area (Å²) in [5, 5.41) is 4.16. The van der Waals surface area contributed by atoms with Crippen molar-refractivity contribution >= 4 is 17.3 Å². The molecular formula is C15H23ClN2O. The molecular weight excluding hydrogens is 260 g/mol. The van der Waals surface area contributed by atoms with Crippen LogP contribution in [0, 0.1) is 0 Å². The number of halogens is 1. The summed E-state index contributed by atoms with van der Waals surface area (Å²) in [4.78, 5) is 2.39. The maximum Gasteiger partial charge on any atom is 0.0605 e. The standard InChI is InChI=1S/C15H23ClN2O/c1-3-17-11-12-4-5-13(10-15(12)16)18-8-6-14(19-2)7-9-18/h4-5,10,14,17H,3,6-9,11H2,1-2H3. The number of hydrogen-bond acceptors (Lipinski definition) is 3. The molecule has 1 aromatic rings. The molecule has 0 atom stereocenters. The quantitative estimate of drug-likeness (QED) is 0.898. The van der Waals surface area contributed by atoms with Crippen molar-refractivity contribution in [1.82, 2.24) is 5.32 Å². The molecule has 19 heavy (non-hydrogen) atoms. The van der Waals surface area contributed by atoms with Gasteiger partial charge in [0.25, 0.3) is 0 Å². The maximum absolute atomic E-state index is 6.35. The molecule has 1 heterocycles. The Balaban J connectivity index is 1.99. The van der Waals surface area contributed by atoms with Gasteiger partial charge in [-0.05, 0) is 37.1 Å². The summed E-state index contributed by atoms with van der Waals surface area (Å²) >= 11 is 6.35. The van der Waals surface area contributed by atoms with Crippen LogP contribution in [0.2, 0.25) is 5.02 Å². The van der Waals surface area contributed by atoms with E-state index in [1.165, 1.54) is 11.3 Å². The molecule has 0 unspecified atom stereocenters. The SMILES string of the molecule is CCNCc1ccc(N2CCC(OC)CC2)cc1Cl. The Morgan fingerprint density at radius 2 is 2.11 bits per heavy atom. The van der Waals surface area contributed by atoms with Crippen molar-refractivity contribution in [3.05, 3.63) is 28.8 Å². The highest BCUT2D eigenvalue weighted by Crippen LogP contribution is 2.26. The van der Waals surface area contributed by atoms with Crippen LogP contribution >= 0.6 is 11.6 Å². The Labute approximate surface area is 120 Å². The normalized spacial score (nSPS) is 16.9. The number of anilines is 1. The molecule has 0 spiro atoms.